The molecule has 0 aliphatic heterocycles. The molecule has 0 bridgehead atoms. The first-order chi connectivity index (χ1) is 8.27. The maximum atomic E-state index is 12.7. The van der Waals surface area contributed by atoms with Crippen molar-refractivity contribution in [1.29, 1.82) is 5.26 Å². The lowest BCUT2D eigenvalue weighted by atomic mass is 10.1. The van der Waals surface area contributed by atoms with E-state index in [1.165, 1.54) is 12.1 Å². The van der Waals surface area contributed by atoms with Crippen molar-refractivity contribution < 1.29 is 13.2 Å². The number of hydrogen-bond acceptors (Lipinski definition) is 3. The van der Waals surface area contributed by atoms with Gasteiger partial charge < -0.3 is 10.6 Å². The van der Waals surface area contributed by atoms with E-state index in [4.69, 9.17) is 11.0 Å². The lowest BCUT2D eigenvalue weighted by molar-refractivity contribution is -0.136. The number of alkyl halides is 3. The number of rotatable bonds is 3. The lowest BCUT2D eigenvalue weighted by Gasteiger charge is -2.26. The van der Waals surface area contributed by atoms with Crippen molar-refractivity contribution in [3.63, 3.8) is 0 Å². The van der Waals surface area contributed by atoms with Gasteiger partial charge in [-0.15, -0.1) is 0 Å². The maximum Gasteiger partial charge on any atom is 0.418 e. The fourth-order valence-corrected chi connectivity index (χ4v) is 1.53. The van der Waals surface area contributed by atoms with Gasteiger partial charge >= 0.3 is 6.18 Å². The van der Waals surface area contributed by atoms with Crippen molar-refractivity contribution >= 4 is 11.4 Å². The van der Waals surface area contributed by atoms with Gasteiger partial charge in [0.15, 0.2) is 0 Å². The van der Waals surface area contributed by atoms with Crippen LogP contribution in [0.15, 0.2) is 18.2 Å². The van der Waals surface area contributed by atoms with Crippen molar-refractivity contribution in [2.24, 2.45) is 0 Å². The lowest BCUT2D eigenvalue weighted by Crippen LogP contribution is -2.28. The molecule has 1 rings (SSSR count). The number of nitrogen functional groups attached to an aromatic ring is 1. The highest BCUT2D eigenvalue weighted by Gasteiger charge is 2.33. The number of nitriles is 1. The van der Waals surface area contributed by atoms with Crippen LogP contribution >= 0.6 is 0 Å². The molecule has 0 amide bonds. The van der Waals surface area contributed by atoms with Gasteiger partial charge in [-0.05, 0) is 25.1 Å². The smallest absolute Gasteiger partial charge is 0.398 e. The Labute approximate surface area is 104 Å². The first-order valence-electron chi connectivity index (χ1n) is 5.34. The Morgan fingerprint density at radius 3 is 2.56 bits per heavy atom. The van der Waals surface area contributed by atoms with E-state index >= 15 is 0 Å². The Bertz CT molecular complexity index is 463. The summed E-state index contributed by atoms with van der Waals surface area (Å²) in [6.07, 6.45) is -4.23. The number of hydrogen-bond donors (Lipinski definition) is 1. The summed E-state index contributed by atoms with van der Waals surface area (Å²) in [5, 5.41) is 8.58. The molecule has 1 aromatic carbocycles. The van der Waals surface area contributed by atoms with Gasteiger partial charge in [0, 0.05) is 24.5 Å². The van der Waals surface area contributed by atoms with Gasteiger partial charge in [0.25, 0.3) is 0 Å². The molecule has 2 N–H and O–H groups in total. The quantitative estimate of drug-likeness (QED) is 0.847. The Morgan fingerprint density at radius 1 is 1.44 bits per heavy atom. The van der Waals surface area contributed by atoms with Crippen molar-refractivity contribution in [2.75, 3.05) is 17.7 Å². The first-order valence-corrected chi connectivity index (χ1v) is 5.34. The van der Waals surface area contributed by atoms with E-state index in [0.717, 1.165) is 6.07 Å². The number of benzene rings is 1. The summed E-state index contributed by atoms with van der Waals surface area (Å²) in [5.74, 6) is 0. The van der Waals surface area contributed by atoms with Crippen LogP contribution in [0.1, 0.15) is 18.9 Å². The predicted octanol–water partition coefficient (Wildman–Crippen LogP) is 3.03. The molecular weight excluding hydrogens is 243 g/mol. The molecule has 1 unspecified atom stereocenters. The SMILES string of the molecule is CC(CC#N)N(C)c1ccc(N)c(C(F)(F)F)c1. The zero-order chi connectivity index (χ0) is 13.9. The van der Waals surface area contributed by atoms with Gasteiger partial charge in [-0.3, -0.25) is 0 Å². The molecule has 6 heteroatoms. The second-order valence-corrected chi connectivity index (χ2v) is 4.09. The van der Waals surface area contributed by atoms with Gasteiger partial charge in [-0.2, -0.15) is 18.4 Å². The van der Waals surface area contributed by atoms with E-state index < -0.39 is 11.7 Å². The summed E-state index contributed by atoms with van der Waals surface area (Å²) in [6, 6.07) is 5.56. The monoisotopic (exact) mass is 257 g/mol. The summed E-state index contributed by atoms with van der Waals surface area (Å²) in [7, 11) is 1.65. The van der Waals surface area contributed by atoms with Gasteiger partial charge in [-0.1, -0.05) is 0 Å². The minimum Gasteiger partial charge on any atom is -0.398 e. The van der Waals surface area contributed by atoms with Gasteiger partial charge in [-0.25, -0.2) is 0 Å². The number of halogens is 3. The number of nitrogens with zero attached hydrogens (tertiary/aromatic N) is 2. The first kappa shape index (κ1) is 14.2. The fraction of sp³-hybridized carbons (Fsp3) is 0.417. The molecule has 1 aromatic rings. The Morgan fingerprint density at radius 2 is 2.06 bits per heavy atom. The molecule has 0 fully saturated rings. The van der Waals surface area contributed by atoms with Crippen LogP contribution in [0.3, 0.4) is 0 Å². The molecule has 0 aliphatic rings. The molecule has 0 saturated carbocycles. The average Bonchev–Trinajstić information content (AvgIpc) is 2.27. The molecule has 0 aromatic heterocycles. The molecule has 18 heavy (non-hydrogen) atoms. The standard InChI is InChI=1S/C12H14F3N3/c1-8(5-6-16)18(2)9-3-4-11(17)10(7-9)12(13,14)15/h3-4,7-8H,5,17H2,1-2H3. The largest absolute Gasteiger partial charge is 0.418 e. The van der Waals surface area contributed by atoms with E-state index in [0.29, 0.717) is 5.69 Å². The van der Waals surface area contributed by atoms with Crippen LogP contribution in [-0.2, 0) is 6.18 Å². The van der Waals surface area contributed by atoms with Gasteiger partial charge in [0.05, 0.1) is 18.1 Å². The molecule has 3 nitrogen and oxygen atoms in total. The van der Waals surface area contributed by atoms with E-state index in [-0.39, 0.29) is 18.2 Å². The van der Waals surface area contributed by atoms with Crippen LogP contribution in [0, 0.1) is 11.3 Å². The zero-order valence-electron chi connectivity index (χ0n) is 10.1. The Hall–Kier alpha value is -1.90. The molecule has 98 valence electrons. The molecule has 0 saturated heterocycles. The molecule has 0 radical (unpaired) electrons. The summed E-state index contributed by atoms with van der Waals surface area (Å²) in [4.78, 5) is 1.62. The van der Waals surface area contributed by atoms with Gasteiger partial charge in [0.2, 0.25) is 0 Å². The molecule has 0 spiro atoms. The minimum atomic E-state index is -4.47. The van der Waals surface area contributed by atoms with Crippen LogP contribution in [0.4, 0.5) is 24.5 Å². The minimum absolute atomic E-state index is 0.167. The third-order valence-electron chi connectivity index (χ3n) is 2.80. The van der Waals surface area contributed by atoms with Crippen molar-refractivity contribution in [1.82, 2.24) is 0 Å². The normalized spacial score (nSPS) is 12.9. The highest BCUT2D eigenvalue weighted by Crippen LogP contribution is 2.36. The highest BCUT2D eigenvalue weighted by molar-refractivity contribution is 5.59. The topological polar surface area (TPSA) is 53.0 Å². The third kappa shape index (κ3) is 3.06. The van der Waals surface area contributed by atoms with E-state index in [9.17, 15) is 13.2 Å². The molecule has 0 aliphatic carbocycles. The summed E-state index contributed by atoms with van der Waals surface area (Å²) >= 11 is 0. The summed E-state index contributed by atoms with van der Waals surface area (Å²) in [6.45, 7) is 1.77. The summed E-state index contributed by atoms with van der Waals surface area (Å²) in [5.41, 5.74) is 4.56. The van der Waals surface area contributed by atoms with Crippen molar-refractivity contribution in [3.05, 3.63) is 23.8 Å². The average molecular weight is 257 g/mol. The highest BCUT2D eigenvalue weighted by atomic mass is 19.4. The molecule has 0 heterocycles. The van der Waals surface area contributed by atoms with Crippen LogP contribution in [0.5, 0.6) is 0 Å². The van der Waals surface area contributed by atoms with E-state index in [1.54, 1.807) is 18.9 Å². The van der Waals surface area contributed by atoms with Gasteiger partial charge in [0.1, 0.15) is 0 Å². The third-order valence-corrected chi connectivity index (χ3v) is 2.80. The molecular formula is C12H14F3N3. The van der Waals surface area contributed by atoms with Crippen molar-refractivity contribution in [2.45, 2.75) is 25.6 Å². The summed E-state index contributed by atoms with van der Waals surface area (Å²) < 4.78 is 38.1. The fourth-order valence-electron chi connectivity index (χ4n) is 1.53. The Balaban J connectivity index is 3.10. The maximum absolute atomic E-state index is 12.7. The van der Waals surface area contributed by atoms with Crippen LogP contribution in [0.2, 0.25) is 0 Å². The Kier molecular flexibility index (Phi) is 4.07. The predicted molar refractivity (Wildman–Crippen MR) is 64.0 cm³/mol. The van der Waals surface area contributed by atoms with E-state index in [2.05, 4.69) is 0 Å². The zero-order valence-corrected chi connectivity index (χ0v) is 10.1. The number of anilines is 2. The molecule has 1 atom stereocenters. The second kappa shape index (κ2) is 5.17. The van der Waals surface area contributed by atoms with Crippen molar-refractivity contribution in [3.8, 4) is 6.07 Å². The second-order valence-electron chi connectivity index (χ2n) is 4.09. The van der Waals surface area contributed by atoms with Crippen LogP contribution in [0.25, 0.3) is 0 Å². The van der Waals surface area contributed by atoms with Crippen LogP contribution < -0.4 is 10.6 Å². The number of nitrogens with two attached hydrogens (primary N) is 1. The van der Waals surface area contributed by atoms with Crippen LogP contribution in [-0.4, -0.2) is 13.1 Å². The van der Waals surface area contributed by atoms with E-state index in [1.807, 2.05) is 6.07 Å².